The zero-order chi connectivity index (χ0) is 20.6. The molecule has 2 fully saturated rings. The standard InChI is InChI=1S/C22H30N4O3/c1-5-13(2)19(28)26-10-21(11-26)9-22(12-29-21)14-8-23-25-18(14)24-15-6-20(3,4)7-16(27)17(15)22/h13,24H,5-12H2,1-4H3. The fraction of sp³-hybridized carbons (Fsp3) is 0.727. The summed E-state index contributed by atoms with van der Waals surface area (Å²) in [5.41, 5.74) is 2.12. The number of ketones is 1. The number of amides is 1. The summed E-state index contributed by atoms with van der Waals surface area (Å²) >= 11 is 0. The summed E-state index contributed by atoms with van der Waals surface area (Å²) in [7, 11) is 0. The average molecular weight is 399 g/mol. The van der Waals surface area contributed by atoms with E-state index in [4.69, 9.17) is 4.74 Å². The fourth-order valence-corrected chi connectivity index (χ4v) is 5.84. The number of carbonyl (C=O) groups excluding carboxylic acids is 2. The number of nitrogens with zero attached hydrogens (tertiary/aromatic N) is 3. The van der Waals surface area contributed by atoms with Gasteiger partial charge in [0.25, 0.3) is 0 Å². The summed E-state index contributed by atoms with van der Waals surface area (Å²) in [6.45, 7) is 10.5. The highest BCUT2D eigenvalue weighted by molar-refractivity contribution is 6.00. The van der Waals surface area contributed by atoms with Crippen LogP contribution in [0.15, 0.2) is 32.9 Å². The normalized spacial score (nSPS) is 32.4. The Labute approximate surface area is 171 Å². The van der Waals surface area contributed by atoms with E-state index < -0.39 is 5.41 Å². The van der Waals surface area contributed by atoms with Crippen LogP contribution in [-0.4, -0.2) is 48.4 Å². The van der Waals surface area contributed by atoms with Crippen LogP contribution in [0, 0.1) is 16.7 Å². The molecule has 0 aromatic rings. The molecule has 156 valence electrons. The van der Waals surface area contributed by atoms with Crippen LogP contribution in [-0.2, 0) is 14.3 Å². The van der Waals surface area contributed by atoms with Crippen LogP contribution < -0.4 is 5.32 Å². The molecule has 0 aromatic heterocycles. The maximum Gasteiger partial charge on any atom is 0.225 e. The van der Waals surface area contributed by atoms with Crippen molar-refractivity contribution in [3.05, 3.63) is 22.7 Å². The van der Waals surface area contributed by atoms with E-state index in [1.54, 1.807) is 0 Å². The van der Waals surface area contributed by atoms with E-state index in [2.05, 4.69) is 29.4 Å². The smallest absolute Gasteiger partial charge is 0.225 e. The van der Waals surface area contributed by atoms with Crippen LogP contribution in [0.25, 0.3) is 0 Å². The molecule has 2 saturated heterocycles. The molecule has 2 atom stereocenters. The molecule has 1 amide bonds. The maximum atomic E-state index is 13.3. The van der Waals surface area contributed by atoms with Crippen LogP contribution in [0.5, 0.6) is 0 Å². The van der Waals surface area contributed by atoms with Gasteiger partial charge in [0.05, 0.1) is 31.7 Å². The Hall–Kier alpha value is -2.02. The molecule has 1 N–H and O–H groups in total. The van der Waals surface area contributed by atoms with Crippen molar-refractivity contribution in [1.29, 1.82) is 0 Å². The summed E-state index contributed by atoms with van der Waals surface area (Å²) in [5.74, 6) is 1.27. The van der Waals surface area contributed by atoms with Crippen molar-refractivity contribution in [3.63, 3.8) is 0 Å². The van der Waals surface area contributed by atoms with E-state index in [9.17, 15) is 9.59 Å². The SMILES string of the molecule is CCC(C)C(=O)N1CC2(C1)CC1(CO2)C2=C(N=NC2)NC2=C1C(=O)CC(C)(C)C2. The minimum atomic E-state index is -0.446. The van der Waals surface area contributed by atoms with Gasteiger partial charge in [0.2, 0.25) is 5.91 Å². The molecule has 2 unspecified atom stereocenters. The third kappa shape index (κ3) is 2.66. The minimum Gasteiger partial charge on any atom is -0.370 e. The Bertz CT molecular complexity index is 894. The van der Waals surface area contributed by atoms with Crippen molar-refractivity contribution >= 4 is 11.7 Å². The Morgan fingerprint density at radius 3 is 2.79 bits per heavy atom. The molecule has 0 radical (unpaired) electrons. The van der Waals surface area contributed by atoms with Gasteiger partial charge in [0, 0.05) is 29.2 Å². The van der Waals surface area contributed by atoms with Crippen LogP contribution in [0.1, 0.15) is 53.4 Å². The van der Waals surface area contributed by atoms with Gasteiger partial charge in [-0.05, 0) is 24.7 Å². The van der Waals surface area contributed by atoms with Gasteiger partial charge in [-0.3, -0.25) is 9.59 Å². The van der Waals surface area contributed by atoms with Gasteiger partial charge < -0.3 is 15.0 Å². The zero-order valence-corrected chi connectivity index (χ0v) is 17.8. The van der Waals surface area contributed by atoms with Gasteiger partial charge in [0.1, 0.15) is 5.60 Å². The molecule has 7 nitrogen and oxygen atoms in total. The van der Waals surface area contributed by atoms with E-state index in [1.165, 1.54) is 0 Å². The molecular formula is C22H30N4O3. The van der Waals surface area contributed by atoms with Gasteiger partial charge in [-0.25, -0.2) is 0 Å². The zero-order valence-electron chi connectivity index (χ0n) is 17.8. The van der Waals surface area contributed by atoms with Gasteiger partial charge in [0.15, 0.2) is 11.6 Å². The third-order valence-electron chi connectivity index (χ3n) is 7.44. The Morgan fingerprint density at radius 2 is 2.07 bits per heavy atom. The van der Waals surface area contributed by atoms with Crippen molar-refractivity contribution in [2.24, 2.45) is 27.0 Å². The first-order chi connectivity index (χ1) is 13.7. The number of rotatable bonds is 2. The van der Waals surface area contributed by atoms with Crippen molar-refractivity contribution in [3.8, 4) is 0 Å². The number of likely N-dealkylation sites (tertiary alicyclic amines) is 1. The predicted octanol–water partition coefficient (Wildman–Crippen LogP) is 2.94. The van der Waals surface area contributed by atoms with E-state index in [0.29, 0.717) is 32.7 Å². The van der Waals surface area contributed by atoms with Crippen LogP contribution in [0.3, 0.4) is 0 Å². The summed E-state index contributed by atoms with van der Waals surface area (Å²) < 4.78 is 6.40. The number of carbonyl (C=O) groups is 2. The van der Waals surface area contributed by atoms with Crippen LogP contribution in [0.4, 0.5) is 0 Å². The highest BCUT2D eigenvalue weighted by Crippen LogP contribution is 2.58. The molecule has 5 rings (SSSR count). The Kier molecular flexibility index (Phi) is 3.93. The molecule has 4 heterocycles. The summed E-state index contributed by atoms with van der Waals surface area (Å²) in [5, 5.41) is 12.0. The lowest BCUT2D eigenvalue weighted by atomic mass is 9.61. The first-order valence-electron chi connectivity index (χ1n) is 10.8. The largest absolute Gasteiger partial charge is 0.370 e. The number of nitrogens with one attached hydrogen (secondary N) is 1. The number of hydrogen-bond donors (Lipinski definition) is 1. The minimum absolute atomic E-state index is 0.0415. The molecule has 7 heteroatoms. The Morgan fingerprint density at radius 1 is 1.31 bits per heavy atom. The second-order valence-electron chi connectivity index (χ2n) is 10.4. The number of allylic oxidation sites excluding steroid dienone is 1. The average Bonchev–Trinajstić information content (AvgIpc) is 3.23. The number of ether oxygens (including phenoxy) is 1. The number of dihydropyridines is 1. The van der Waals surface area contributed by atoms with Crippen molar-refractivity contribution in [2.45, 2.75) is 59.0 Å². The lowest BCUT2D eigenvalue weighted by molar-refractivity contribution is -0.161. The van der Waals surface area contributed by atoms with Crippen LogP contribution >= 0.6 is 0 Å². The lowest BCUT2D eigenvalue weighted by Crippen LogP contribution is -2.64. The van der Waals surface area contributed by atoms with Crippen LogP contribution in [0.2, 0.25) is 0 Å². The van der Waals surface area contributed by atoms with Gasteiger partial charge in [-0.2, -0.15) is 5.11 Å². The van der Waals surface area contributed by atoms with Crippen molar-refractivity contribution in [1.82, 2.24) is 10.2 Å². The monoisotopic (exact) mass is 398 g/mol. The quantitative estimate of drug-likeness (QED) is 0.775. The van der Waals surface area contributed by atoms with E-state index in [1.807, 2.05) is 18.7 Å². The molecule has 5 aliphatic rings. The first-order valence-corrected chi connectivity index (χ1v) is 10.8. The van der Waals surface area contributed by atoms with E-state index in [0.717, 1.165) is 41.9 Å². The Balaban J connectivity index is 1.46. The van der Waals surface area contributed by atoms with Gasteiger partial charge in [-0.1, -0.05) is 27.7 Å². The summed E-state index contributed by atoms with van der Waals surface area (Å²) in [4.78, 5) is 27.8. The molecule has 4 aliphatic heterocycles. The molecule has 0 bridgehead atoms. The number of azo groups is 1. The van der Waals surface area contributed by atoms with E-state index >= 15 is 0 Å². The summed E-state index contributed by atoms with van der Waals surface area (Å²) in [6.07, 6.45) is 2.96. The number of fused-ring (bicyclic) bond motifs is 2. The van der Waals surface area contributed by atoms with Gasteiger partial charge in [-0.15, -0.1) is 5.11 Å². The molecule has 2 spiro atoms. The summed E-state index contributed by atoms with van der Waals surface area (Å²) in [6, 6.07) is 0. The highest BCUT2D eigenvalue weighted by Gasteiger charge is 2.63. The third-order valence-corrected chi connectivity index (χ3v) is 7.44. The predicted molar refractivity (Wildman–Crippen MR) is 107 cm³/mol. The fourth-order valence-electron chi connectivity index (χ4n) is 5.84. The maximum absolute atomic E-state index is 13.3. The number of hydrogen-bond acceptors (Lipinski definition) is 6. The first kappa shape index (κ1) is 19.0. The molecule has 0 saturated carbocycles. The molecule has 29 heavy (non-hydrogen) atoms. The second-order valence-corrected chi connectivity index (χ2v) is 10.4. The number of Topliss-reactive ketones (excluding diaryl/α,β-unsaturated/α-hetero) is 1. The van der Waals surface area contributed by atoms with Crippen molar-refractivity contribution < 1.29 is 14.3 Å². The topological polar surface area (TPSA) is 83.4 Å². The van der Waals surface area contributed by atoms with Gasteiger partial charge >= 0.3 is 0 Å². The van der Waals surface area contributed by atoms with Crippen molar-refractivity contribution in [2.75, 3.05) is 26.2 Å². The van der Waals surface area contributed by atoms with E-state index in [-0.39, 0.29) is 28.6 Å². The second kappa shape index (κ2) is 6.00. The molecular weight excluding hydrogens is 368 g/mol. The highest BCUT2D eigenvalue weighted by atomic mass is 16.5. The lowest BCUT2D eigenvalue weighted by Gasteiger charge is -2.49. The molecule has 1 aliphatic carbocycles. The molecule has 0 aromatic carbocycles.